The second kappa shape index (κ2) is 4.64. The summed E-state index contributed by atoms with van der Waals surface area (Å²) in [6.45, 7) is 16.4. The van der Waals surface area contributed by atoms with Crippen molar-refractivity contribution in [1.82, 2.24) is 15.1 Å². The lowest BCUT2D eigenvalue weighted by atomic mass is 9.92. The molecule has 1 aliphatic carbocycles. The first-order chi connectivity index (χ1) is 10.5. The maximum atomic E-state index is 13.2. The first-order valence-electron chi connectivity index (χ1n) is 8.85. The Morgan fingerprint density at radius 2 is 1.74 bits per heavy atom. The number of amides is 3. The summed E-state index contributed by atoms with van der Waals surface area (Å²) in [5, 5.41) is 3.08. The number of nitrogens with one attached hydrogen (secondary N) is 1. The molecule has 3 aliphatic rings. The fourth-order valence-corrected chi connectivity index (χ4v) is 5.04. The molecule has 0 radical (unpaired) electrons. The Balaban J connectivity index is 1.75. The molecule has 0 unspecified atom stereocenters. The highest BCUT2D eigenvalue weighted by molar-refractivity contribution is 5.89. The SMILES string of the molecule is CC(C)N1C(=O)N[C@@H]2CN(C(=O)C3(C)C(C)(C)C3(C)C)CC[C@@H]21. The number of hydrogen-bond donors (Lipinski definition) is 1. The third kappa shape index (κ3) is 1.85. The van der Waals surface area contributed by atoms with E-state index in [2.05, 4.69) is 53.8 Å². The standard InChI is InChI=1S/C18H31N3O2/c1-11(2)21-13-8-9-20(10-12(13)19-15(21)23)14(22)18(7)16(3,4)17(18,5)6/h11-13H,8-10H2,1-7H3,(H,19,23)/t12-,13+/m1/s1. The Morgan fingerprint density at radius 3 is 2.22 bits per heavy atom. The summed E-state index contributed by atoms with van der Waals surface area (Å²) in [6, 6.07) is 0.504. The van der Waals surface area contributed by atoms with Crippen LogP contribution < -0.4 is 5.32 Å². The molecule has 3 amide bonds. The van der Waals surface area contributed by atoms with E-state index in [4.69, 9.17) is 0 Å². The van der Waals surface area contributed by atoms with Crippen molar-refractivity contribution in [3.63, 3.8) is 0 Å². The summed E-state index contributed by atoms with van der Waals surface area (Å²) < 4.78 is 0. The van der Waals surface area contributed by atoms with E-state index in [1.807, 2.05) is 9.80 Å². The lowest BCUT2D eigenvalue weighted by Gasteiger charge is -2.39. The van der Waals surface area contributed by atoms with Gasteiger partial charge in [0, 0.05) is 19.1 Å². The molecule has 2 atom stereocenters. The van der Waals surface area contributed by atoms with Crippen molar-refractivity contribution in [2.45, 2.75) is 73.0 Å². The summed E-state index contributed by atoms with van der Waals surface area (Å²) in [5.41, 5.74) is -0.291. The number of urea groups is 1. The average Bonchev–Trinajstić information content (AvgIpc) is 2.74. The highest BCUT2D eigenvalue weighted by Crippen LogP contribution is 2.78. The molecule has 1 saturated carbocycles. The van der Waals surface area contributed by atoms with Crippen LogP contribution in [0.2, 0.25) is 0 Å². The van der Waals surface area contributed by atoms with Crippen molar-refractivity contribution in [3.05, 3.63) is 0 Å². The van der Waals surface area contributed by atoms with E-state index in [1.165, 1.54) is 0 Å². The minimum atomic E-state index is -0.312. The van der Waals surface area contributed by atoms with Crippen LogP contribution in [-0.2, 0) is 4.79 Å². The van der Waals surface area contributed by atoms with Gasteiger partial charge in [-0.3, -0.25) is 4.79 Å². The van der Waals surface area contributed by atoms with Gasteiger partial charge in [-0.2, -0.15) is 0 Å². The lowest BCUT2D eigenvalue weighted by Crippen LogP contribution is -2.55. The molecule has 23 heavy (non-hydrogen) atoms. The lowest BCUT2D eigenvalue weighted by molar-refractivity contribution is -0.140. The molecule has 0 bridgehead atoms. The van der Waals surface area contributed by atoms with Crippen molar-refractivity contribution in [2.75, 3.05) is 13.1 Å². The van der Waals surface area contributed by atoms with Gasteiger partial charge in [-0.05, 0) is 38.0 Å². The molecule has 130 valence electrons. The van der Waals surface area contributed by atoms with Gasteiger partial charge in [0.15, 0.2) is 0 Å². The molecule has 0 aromatic rings. The molecule has 0 spiro atoms. The number of hydrogen-bond acceptors (Lipinski definition) is 2. The van der Waals surface area contributed by atoms with E-state index in [0.29, 0.717) is 6.54 Å². The third-order valence-electron chi connectivity index (χ3n) is 7.75. The van der Waals surface area contributed by atoms with Gasteiger partial charge in [-0.15, -0.1) is 0 Å². The van der Waals surface area contributed by atoms with Crippen LogP contribution in [-0.4, -0.2) is 53.0 Å². The first-order valence-corrected chi connectivity index (χ1v) is 8.85. The minimum absolute atomic E-state index is 0.0107. The summed E-state index contributed by atoms with van der Waals surface area (Å²) in [7, 11) is 0. The van der Waals surface area contributed by atoms with Crippen LogP contribution in [0.4, 0.5) is 4.79 Å². The van der Waals surface area contributed by atoms with Crippen molar-refractivity contribution in [2.24, 2.45) is 16.2 Å². The van der Waals surface area contributed by atoms with Gasteiger partial charge in [0.2, 0.25) is 5.91 Å². The maximum Gasteiger partial charge on any atom is 0.318 e. The quantitative estimate of drug-likeness (QED) is 0.849. The van der Waals surface area contributed by atoms with Crippen LogP contribution >= 0.6 is 0 Å². The second-order valence-electron chi connectivity index (χ2n) is 9.04. The normalized spacial score (nSPS) is 33.5. The highest BCUT2D eigenvalue weighted by Gasteiger charge is 2.78. The number of rotatable bonds is 2. The van der Waals surface area contributed by atoms with Gasteiger partial charge in [-0.25, -0.2) is 4.79 Å². The number of nitrogens with zero attached hydrogens (tertiary/aromatic N) is 2. The fraction of sp³-hybridized carbons (Fsp3) is 0.889. The molecule has 0 aromatic carbocycles. The van der Waals surface area contributed by atoms with Crippen LogP contribution in [0.5, 0.6) is 0 Å². The molecular weight excluding hydrogens is 290 g/mol. The largest absolute Gasteiger partial charge is 0.340 e. The predicted octanol–water partition coefficient (Wildman–Crippen LogP) is 2.46. The van der Waals surface area contributed by atoms with E-state index < -0.39 is 0 Å². The zero-order valence-electron chi connectivity index (χ0n) is 15.6. The second-order valence-corrected chi connectivity index (χ2v) is 9.04. The molecule has 0 aromatic heterocycles. The Morgan fingerprint density at radius 1 is 1.17 bits per heavy atom. The van der Waals surface area contributed by atoms with Gasteiger partial charge >= 0.3 is 6.03 Å². The molecule has 3 fully saturated rings. The zero-order chi connectivity index (χ0) is 17.4. The van der Waals surface area contributed by atoms with Crippen LogP contribution in [0.25, 0.3) is 0 Å². The van der Waals surface area contributed by atoms with Crippen LogP contribution in [0.1, 0.15) is 54.9 Å². The Labute approximate surface area is 139 Å². The number of carbonyl (C=O) groups is 2. The Kier molecular flexibility index (Phi) is 3.35. The average molecular weight is 321 g/mol. The predicted molar refractivity (Wildman–Crippen MR) is 89.9 cm³/mol. The molecule has 5 nitrogen and oxygen atoms in total. The van der Waals surface area contributed by atoms with Crippen molar-refractivity contribution < 1.29 is 9.59 Å². The van der Waals surface area contributed by atoms with E-state index in [-0.39, 0.29) is 46.3 Å². The number of likely N-dealkylation sites (tertiary alicyclic amines) is 1. The molecule has 5 heteroatoms. The first kappa shape index (κ1) is 16.6. The van der Waals surface area contributed by atoms with E-state index >= 15 is 0 Å². The number of carbonyl (C=O) groups excluding carboxylic acids is 2. The van der Waals surface area contributed by atoms with Crippen molar-refractivity contribution in [3.8, 4) is 0 Å². The molecule has 3 rings (SSSR count). The van der Waals surface area contributed by atoms with E-state index in [0.717, 1.165) is 13.0 Å². The molecule has 2 aliphatic heterocycles. The summed E-state index contributed by atoms with van der Waals surface area (Å²) in [6.07, 6.45) is 0.865. The summed E-state index contributed by atoms with van der Waals surface area (Å²) in [5.74, 6) is 0.253. The topological polar surface area (TPSA) is 52.7 Å². The monoisotopic (exact) mass is 321 g/mol. The Hall–Kier alpha value is -1.26. The van der Waals surface area contributed by atoms with Gasteiger partial charge < -0.3 is 15.1 Å². The smallest absolute Gasteiger partial charge is 0.318 e. The molecule has 1 N–H and O–H groups in total. The number of fused-ring (bicyclic) bond motifs is 1. The fourth-order valence-electron chi connectivity index (χ4n) is 5.04. The molecular formula is C18H31N3O2. The van der Waals surface area contributed by atoms with E-state index in [9.17, 15) is 9.59 Å². The van der Waals surface area contributed by atoms with E-state index in [1.54, 1.807) is 0 Å². The molecule has 2 saturated heterocycles. The summed E-state index contributed by atoms with van der Waals surface area (Å²) >= 11 is 0. The van der Waals surface area contributed by atoms with Crippen molar-refractivity contribution in [1.29, 1.82) is 0 Å². The summed E-state index contributed by atoms with van der Waals surface area (Å²) in [4.78, 5) is 29.3. The zero-order valence-corrected chi connectivity index (χ0v) is 15.6. The van der Waals surface area contributed by atoms with Gasteiger partial charge in [0.05, 0.1) is 17.5 Å². The number of piperidine rings is 1. The van der Waals surface area contributed by atoms with Crippen LogP contribution in [0, 0.1) is 16.2 Å². The van der Waals surface area contributed by atoms with Crippen molar-refractivity contribution >= 4 is 11.9 Å². The van der Waals surface area contributed by atoms with Gasteiger partial charge in [-0.1, -0.05) is 27.7 Å². The highest BCUT2D eigenvalue weighted by atomic mass is 16.2. The Bertz CT molecular complexity index is 538. The third-order valence-corrected chi connectivity index (χ3v) is 7.75. The van der Waals surface area contributed by atoms with Gasteiger partial charge in [0.25, 0.3) is 0 Å². The van der Waals surface area contributed by atoms with Gasteiger partial charge in [0.1, 0.15) is 0 Å². The minimum Gasteiger partial charge on any atom is -0.340 e. The molecule has 2 heterocycles. The van der Waals surface area contributed by atoms with Crippen LogP contribution in [0.3, 0.4) is 0 Å². The van der Waals surface area contributed by atoms with Crippen LogP contribution in [0.15, 0.2) is 0 Å². The maximum absolute atomic E-state index is 13.2.